The Balaban J connectivity index is 1.84. The van der Waals surface area contributed by atoms with Gasteiger partial charge in [0.15, 0.2) is 0 Å². The van der Waals surface area contributed by atoms with Crippen LogP contribution in [0.15, 0.2) is 54.6 Å². The summed E-state index contributed by atoms with van der Waals surface area (Å²) in [4.78, 5) is 29.5. The molecule has 1 fully saturated rings. The van der Waals surface area contributed by atoms with Gasteiger partial charge in [-0.3, -0.25) is 9.69 Å². The lowest BCUT2D eigenvalue weighted by molar-refractivity contribution is -0.133. The number of carbonyl (C=O) groups excluding carboxylic acids is 2. The van der Waals surface area contributed by atoms with Crippen LogP contribution < -0.4 is 5.32 Å². The molecule has 1 N–H and O–H groups in total. The van der Waals surface area contributed by atoms with Crippen molar-refractivity contribution in [1.29, 1.82) is 0 Å². The van der Waals surface area contributed by atoms with Crippen LogP contribution >= 0.6 is 0 Å². The summed E-state index contributed by atoms with van der Waals surface area (Å²) in [7, 11) is 0. The molecule has 0 radical (unpaired) electrons. The second kappa shape index (κ2) is 8.74. The molecule has 0 aromatic heterocycles. The summed E-state index contributed by atoms with van der Waals surface area (Å²) in [6.45, 7) is 7.26. The summed E-state index contributed by atoms with van der Waals surface area (Å²) in [6.07, 6.45) is 0.522. The van der Waals surface area contributed by atoms with Crippen LogP contribution in [0, 0.1) is 11.7 Å². The quantitative estimate of drug-likeness (QED) is 0.683. The molecule has 2 aromatic rings. The highest BCUT2D eigenvalue weighted by atomic mass is 19.1. The van der Waals surface area contributed by atoms with Crippen molar-refractivity contribution in [2.75, 3.05) is 13.2 Å². The van der Waals surface area contributed by atoms with Crippen LogP contribution in [-0.4, -0.2) is 35.0 Å². The molecule has 0 saturated carbocycles. The molecule has 0 unspecified atom stereocenters. The van der Waals surface area contributed by atoms with E-state index in [1.807, 2.05) is 62.1 Å². The van der Waals surface area contributed by atoms with Gasteiger partial charge < -0.3 is 5.32 Å². The van der Waals surface area contributed by atoms with E-state index in [0.717, 1.165) is 11.1 Å². The number of hydrogen-bond donors (Lipinski definition) is 1. The Kier molecular flexibility index (Phi) is 6.33. The molecule has 1 aliphatic heterocycles. The number of halogens is 1. The topological polar surface area (TPSA) is 52.6 Å². The molecule has 1 atom stereocenters. The first kappa shape index (κ1) is 21.0. The van der Waals surface area contributed by atoms with Crippen molar-refractivity contribution >= 4 is 11.9 Å². The van der Waals surface area contributed by atoms with Gasteiger partial charge in [0.05, 0.1) is 6.67 Å². The molecular weight excluding hydrogens is 369 g/mol. The highest BCUT2D eigenvalue weighted by Gasteiger charge is 2.52. The van der Waals surface area contributed by atoms with Gasteiger partial charge in [0.25, 0.3) is 5.91 Å². The maximum absolute atomic E-state index is 13.5. The second-order valence-corrected chi connectivity index (χ2v) is 7.95. The van der Waals surface area contributed by atoms with Crippen LogP contribution in [0.25, 0.3) is 0 Å². The fourth-order valence-corrected chi connectivity index (χ4v) is 3.90. The summed E-state index contributed by atoms with van der Waals surface area (Å²) in [5, 5.41) is 2.97. The summed E-state index contributed by atoms with van der Waals surface area (Å²) >= 11 is 0. The Morgan fingerprint density at radius 3 is 2.45 bits per heavy atom. The average Bonchev–Trinajstić information content (AvgIpc) is 2.92. The van der Waals surface area contributed by atoms with E-state index in [4.69, 9.17) is 0 Å². The van der Waals surface area contributed by atoms with Gasteiger partial charge in [-0.05, 0) is 42.1 Å². The fraction of sp³-hybridized carbons (Fsp3) is 0.391. The summed E-state index contributed by atoms with van der Waals surface area (Å²) in [5.41, 5.74) is 0.545. The Morgan fingerprint density at radius 1 is 1.10 bits per heavy atom. The van der Waals surface area contributed by atoms with Gasteiger partial charge in [0.2, 0.25) is 0 Å². The number of urea groups is 1. The van der Waals surface area contributed by atoms with Gasteiger partial charge in [0.1, 0.15) is 11.4 Å². The average molecular weight is 397 g/mol. The zero-order valence-electron chi connectivity index (χ0n) is 17.2. The predicted octanol–water partition coefficient (Wildman–Crippen LogP) is 4.10. The Hall–Kier alpha value is -2.73. The Bertz CT molecular complexity index is 871. The van der Waals surface area contributed by atoms with Crippen molar-refractivity contribution in [2.45, 2.75) is 39.3 Å². The first-order chi connectivity index (χ1) is 13.9. The van der Waals surface area contributed by atoms with Crippen LogP contribution in [-0.2, 0) is 16.9 Å². The number of rotatable bonds is 8. The second-order valence-electron chi connectivity index (χ2n) is 7.95. The first-order valence-electron chi connectivity index (χ1n) is 10.0. The smallest absolute Gasteiger partial charge is 0.319 e. The molecule has 29 heavy (non-hydrogen) atoms. The molecule has 6 heteroatoms. The molecule has 0 spiro atoms. The number of amides is 3. The third-order valence-corrected chi connectivity index (χ3v) is 5.24. The number of hydrogen-bond acceptors (Lipinski definition) is 3. The SMILES string of the molecule is CCN(Cc1cccc(F)c1)CN1C(=O)N[C@](CC(C)C)(c2ccccc2)C1=O. The molecule has 154 valence electrons. The minimum atomic E-state index is -1.05. The van der Waals surface area contributed by atoms with Crippen LogP contribution in [0.2, 0.25) is 0 Å². The zero-order valence-corrected chi connectivity index (χ0v) is 17.2. The van der Waals surface area contributed by atoms with Crippen molar-refractivity contribution in [2.24, 2.45) is 5.92 Å². The van der Waals surface area contributed by atoms with Crippen molar-refractivity contribution in [3.63, 3.8) is 0 Å². The van der Waals surface area contributed by atoms with E-state index >= 15 is 0 Å². The minimum absolute atomic E-state index is 0.157. The Labute approximate surface area is 171 Å². The van der Waals surface area contributed by atoms with Gasteiger partial charge in [-0.2, -0.15) is 0 Å². The molecule has 3 rings (SSSR count). The molecule has 0 bridgehead atoms. The van der Waals surface area contributed by atoms with Crippen molar-refractivity contribution in [3.05, 3.63) is 71.5 Å². The van der Waals surface area contributed by atoms with E-state index in [1.165, 1.54) is 17.0 Å². The van der Waals surface area contributed by atoms with Crippen LogP contribution in [0.5, 0.6) is 0 Å². The molecule has 1 saturated heterocycles. The van der Waals surface area contributed by atoms with Crippen molar-refractivity contribution in [3.8, 4) is 0 Å². The number of carbonyl (C=O) groups is 2. The zero-order chi connectivity index (χ0) is 21.0. The number of imide groups is 1. The van der Waals surface area contributed by atoms with Crippen LogP contribution in [0.1, 0.15) is 38.3 Å². The van der Waals surface area contributed by atoms with Gasteiger partial charge in [0, 0.05) is 6.54 Å². The lowest BCUT2D eigenvalue weighted by atomic mass is 9.82. The van der Waals surface area contributed by atoms with Crippen LogP contribution in [0.3, 0.4) is 0 Å². The number of nitrogens with one attached hydrogen (secondary N) is 1. The van der Waals surface area contributed by atoms with Gasteiger partial charge >= 0.3 is 6.03 Å². The molecule has 5 nitrogen and oxygen atoms in total. The normalized spacial score (nSPS) is 19.3. The molecule has 1 aliphatic rings. The van der Waals surface area contributed by atoms with E-state index in [2.05, 4.69) is 5.32 Å². The van der Waals surface area contributed by atoms with Gasteiger partial charge in [-0.1, -0.05) is 63.2 Å². The molecule has 2 aromatic carbocycles. The monoisotopic (exact) mass is 397 g/mol. The fourth-order valence-electron chi connectivity index (χ4n) is 3.90. The highest BCUT2D eigenvalue weighted by Crippen LogP contribution is 2.35. The third kappa shape index (κ3) is 4.48. The summed E-state index contributed by atoms with van der Waals surface area (Å²) in [6, 6.07) is 15.4. The molecule has 0 aliphatic carbocycles. The van der Waals surface area contributed by atoms with E-state index in [9.17, 15) is 14.0 Å². The van der Waals surface area contributed by atoms with Crippen molar-refractivity contribution in [1.82, 2.24) is 15.1 Å². The van der Waals surface area contributed by atoms with E-state index in [-0.39, 0.29) is 24.3 Å². The predicted molar refractivity (Wildman–Crippen MR) is 110 cm³/mol. The first-order valence-corrected chi connectivity index (χ1v) is 10.0. The maximum atomic E-state index is 13.5. The van der Waals surface area contributed by atoms with E-state index in [1.54, 1.807) is 6.07 Å². The van der Waals surface area contributed by atoms with E-state index in [0.29, 0.717) is 19.5 Å². The van der Waals surface area contributed by atoms with Gasteiger partial charge in [-0.25, -0.2) is 14.1 Å². The minimum Gasteiger partial charge on any atom is -0.319 e. The summed E-state index contributed by atoms with van der Waals surface area (Å²) in [5.74, 6) is -0.317. The van der Waals surface area contributed by atoms with Gasteiger partial charge in [-0.15, -0.1) is 0 Å². The lowest BCUT2D eigenvalue weighted by Gasteiger charge is -2.30. The van der Waals surface area contributed by atoms with Crippen LogP contribution in [0.4, 0.5) is 9.18 Å². The highest BCUT2D eigenvalue weighted by molar-refractivity contribution is 6.07. The molecule has 3 amide bonds. The summed E-state index contributed by atoms with van der Waals surface area (Å²) < 4.78 is 13.5. The lowest BCUT2D eigenvalue weighted by Crippen LogP contribution is -2.46. The largest absolute Gasteiger partial charge is 0.326 e. The number of benzene rings is 2. The maximum Gasteiger partial charge on any atom is 0.326 e. The molecule has 1 heterocycles. The van der Waals surface area contributed by atoms with Crippen molar-refractivity contribution < 1.29 is 14.0 Å². The molecular formula is C23H28FN3O2. The Morgan fingerprint density at radius 2 is 1.83 bits per heavy atom. The standard InChI is InChI=1S/C23H28FN3O2/c1-4-26(15-18-9-8-12-20(24)13-18)16-27-21(28)23(14-17(2)3,25-22(27)29)19-10-6-5-7-11-19/h5-13,17H,4,14-16H2,1-3H3,(H,25,29)/t23-/m1/s1. The number of nitrogens with zero attached hydrogens (tertiary/aromatic N) is 2. The third-order valence-electron chi connectivity index (χ3n) is 5.24. The van der Waals surface area contributed by atoms with E-state index < -0.39 is 11.6 Å².